The van der Waals surface area contributed by atoms with E-state index in [0.717, 1.165) is 16.4 Å². The van der Waals surface area contributed by atoms with E-state index in [-0.39, 0.29) is 40.1 Å². The van der Waals surface area contributed by atoms with E-state index in [4.69, 9.17) is 16.7 Å². The van der Waals surface area contributed by atoms with Crippen LogP contribution in [-0.2, 0) is 26.5 Å². The van der Waals surface area contributed by atoms with Gasteiger partial charge in [0.2, 0.25) is 10.0 Å². The summed E-state index contributed by atoms with van der Waals surface area (Å²) in [6.45, 7) is -0.958. The van der Waals surface area contributed by atoms with Gasteiger partial charge in [-0.1, -0.05) is 11.6 Å². The fourth-order valence-electron chi connectivity index (χ4n) is 1.97. The molecule has 0 unspecified atom stereocenters. The highest BCUT2D eigenvalue weighted by atomic mass is 35.5. The van der Waals surface area contributed by atoms with Gasteiger partial charge in [-0.15, -0.1) is 0 Å². The number of aliphatic hydroxyl groups excluding tert-OH is 1. The molecule has 0 bridgehead atoms. The summed E-state index contributed by atoms with van der Waals surface area (Å²) in [7, 11) is -7.25. The number of rotatable bonds is 3. The molecular formula is C11H13ClFNO5S2. The number of aliphatic hydroxyl groups is 1. The Morgan fingerprint density at radius 3 is 2.38 bits per heavy atom. The van der Waals surface area contributed by atoms with Crippen LogP contribution in [0.15, 0.2) is 17.0 Å². The highest BCUT2D eigenvalue weighted by molar-refractivity contribution is 7.92. The number of hydrogen-bond acceptors (Lipinski definition) is 5. The molecule has 1 saturated heterocycles. The van der Waals surface area contributed by atoms with Gasteiger partial charge in [0, 0.05) is 18.7 Å². The van der Waals surface area contributed by atoms with Crippen molar-refractivity contribution in [1.82, 2.24) is 4.31 Å². The minimum atomic E-state index is -4.02. The summed E-state index contributed by atoms with van der Waals surface area (Å²) in [5.74, 6) is -1.49. The number of hydrogen-bond donors (Lipinski definition) is 1. The van der Waals surface area contributed by atoms with Crippen molar-refractivity contribution in [2.75, 3.05) is 24.6 Å². The van der Waals surface area contributed by atoms with E-state index >= 15 is 0 Å². The van der Waals surface area contributed by atoms with Crippen LogP contribution in [0, 0.1) is 5.82 Å². The second kappa shape index (κ2) is 5.81. The second-order valence-electron chi connectivity index (χ2n) is 4.59. The number of benzene rings is 1. The maximum Gasteiger partial charge on any atom is 0.243 e. The summed E-state index contributed by atoms with van der Waals surface area (Å²) in [5.41, 5.74) is -0.0418. The maximum atomic E-state index is 13.6. The zero-order valence-corrected chi connectivity index (χ0v) is 13.2. The number of sulfone groups is 1. The minimum Gasteiger partial charge on any atom is -0.392 e. The van der Waals surface area contributed by atoms with Gasteiger partial charge >= 0.3 is 0 Å². The third kappa shape index (κ3) is 3.37. The largest absolute Gasteiger partial charge is 0.392 e. The van der Waals surface area contributed by atoms with Crippen LogP contribution in [0.5, 0.6) is 0 Å². The first-order valence-electron chi connectivity index (χ1n) is 5.97. The first-order valence-corrected chi connectivity index (χ1v) is 9.61. The van der Waals surface area contributed by atoms with E-state index in [0.29, 0.717) is 0 Å². The first-order chi connectivity index (χ1) is 9.67. The first kappa shape index (κ1) is 16.6. The average molecular weight is 358 g/mol. The van der Waals surface area contributed by atoms with Crippen molar-refractivity contribution in [3.05, 3.63) is 28.5 Å². The van der Waals surface area contributed by atoms with Crippen molar-refractivity contribution in [1.29, 1.82) is 0 Å². The molecule has 0 saturated carbocycles. The molecule has 21 heavy (non-hydrogen) atoms. The Labute approximate surface area is 127 Å². The molecule has 1 aliphatic rings. The zero-order chi connectivity index (χ0) is 15.8. The quantitative estimate of drug-likeness (QED) is 0.845. The summed E-state index contributed by atoms with van der Waals surface area (Å²) in [5, 5.41) is 8.74. The summed E-state index contributed by atoms with van der Waals surface area (Å²) in [6, 6.07) is 1.85. The molecule has 0 atom stereocenters. The topological polar surface area (TPSA) is 91.8 Å². The lowest BCUT2D eigenvalue weighted by Gasteiger charge is -2.26. The summed E-state index contributed by atoms with van der Waals surface area (Å²) < 4.78 is 62.0. The van der Waals surface area contributed by atoms with Gasteiger partial charge in [0.05, 0.1) is 28.0 Å². The third-order valence-corrected chi connectivity index (χ3v) is 7.10. The molecule has 0 radical (unpaired) electrons. The van der Waals surface area contributed by atoms with Gasteiger partial charge in [-0.05, 0) is 12.1 Å². The van der Waals surface area contributed by atoms with Crippen LogP contribution in [0.4, 0.5) is 4.39 Å². The van der Waals surface area contributed by atoms with Crippen LogP contribution in [0.2, 0.25) is 5.02 Å². The lowest BCUT2D eigenvalue weighted by Crippen LogP contribution is -2.43. The fraction of sp³-hybridized carbons (Fsp3) is 0.455. The van der Waals surface area contributed by atoms with E-state index in [1.54, 1.807) is 0 Å². The molecule has 1 fully saturated rings. The van der Waals surface area contributed by atoms with Crippen LogP contribution in [-0.4, -0.2) is 50.8 Å². The second-order valence-corrected chi connectivity index (χ2v) is 9.21. The van der Waals surface area contributed by atoms with E-state index in [9.17, 15) is 21.2 Å². The zero-order valence-electron chi connectivity index (χ0n) is 10.8. The van der Waals surface area contributed by atoms with E-state index < -0.39 is 32.3 Å². The fourth-order valence-corrected chi connectivity index (χ4v) is 5.07. The summed E-state index contributed by atoms with van der Waals surface area (Å²) in [4.78, 5) is -0.354. The van der Waals surface area contributed by atoms with Crippen molar-refractivity contribution < 1.29 is 26.3 Å². The molecule has 1 aromatic rings. The van der Waals surface area contributed by atoms with Gasteiger partial charge in [-0.25, -0.2) is 21.2 Å². The van der Waals surface area contributed by atoms with Crippen LogP contribution in [0.3, 0.4) is 0 Å². The SMILES string of the molecule is O=S1(=O)CCN(S(=O)(=O)c2cc(F)c(Cl)c(CO)c2)CC1. The van der Waals surface area contributed by atoms with Crippen LogP contribution in [0.1, 0.15) is 5.56 Å². The van der Waals surface area contributed by atoms with Gasteiger partial charge in [0.1, 0.15) is 5.82 Å². The Hall–Kier alpha value is -0.740. The monoisotopic (exact) mass is 357 g/mol. The van der Waals surface area contributed by atoms with Gasteiger partial charge in [0.15, 0.2) is 9.84 Å². The molecule has 0 spiro atoms. The van der Waals surface area contributed by atoms with Crippen LogP contribution >= 0.6 is 11.6 Å². The minimum absolute atomic E-state index is 0.0418. The predicted molar refractivity (Wildman–Crippen MR) is 74.7 cm³/mol. The van der Waals surface area contributed by atoms with Gasteiger partial charge in [-0.2, -0.15) is 4.31 Å². The van der Waals surface area contributed by atoms with Crippen LogP contribution in [0.25, 0.3) is 0 Å². The van der Waals surface area contributed by atoms with Gasteiger partial charge in [0.25, 0.3) is 0 Å². The van der Waals surface area contributed by atoms with E-state index in [1.807, 2.05) is 0 Å². The molecule has 0 amide bonds. The molecule has 2 rings (SSSR count). The van der Waals surface area contributed by atoms with E-state index in [1.165, 1.54) is 0 Å². The van der Waals surface area contributed by atoms with Crippen molar-refractivity contribution in [3.8, 4) is 0 Å². The standard InChI is InChI=1S/C11H13ClFNO5S2/c12-11-8(7-15)5-9(6-10(11)13)21(18,19)14-1-3-20(16,17)4-2-14/h5-6,15H,1-4,7H2. The van der Waals surface area contributed by atoms with Crippen molar-refractivity contribution in [2.45, 2.75) is 11.5 Å². The average Bonchev–Trinajstić information content (AvgIpc) is 2.41. The summed E-state index contributed by atoms with van der Waals surface area (Å²) >= 11 is 5.62. The van der Waals surface area contributed by atoms with Crippen molar-refractivity contribution in [3.63, 3.8) is 0 Å². The number of sulfonamides is 1. The molecule has 1 aromatic carbocycles. The smallest absolute Gasteiger partial charge is 0.243 e. The highest BCUT2D eigenvalue weighted by Gasteiger charge is 2.32. The Morgan fingerprint density at radius 2 is 1.86 bits per heavy atom. The highest BCUT2D eigenvalue weighted by Crippen LogP contribution is 2.27. The molecule has 118 valence electrons. The molecule has 1 aliphatic heterocycles. The Morgan fingerprint density at radius 1 is 1.29 bits per heavy atom. The molecule has 10 heteroatoms. The number of halogens is 2. The van der Waals surface area contributed by atoms with Crippen LogP contribution < -0.4 is 0 Å². The molecular weight excluding hydrogens is 345 g/mol. The Balaban J connectivity index is 2.39. The van der Waals surface area contributed by atoms with Gasteiger partial charge in [-0.3, -0.25) is 0 Å². The Bertz CT molecular complexity index is 749. The van der Waals surface area contributed by atoms with Crippen molar-refractivity contribution in [2.24, 2.45) is 0 Å². The maximum absolute atomic E-state index is 13.6. The van der Waals surface area contributed by atoms with E-state index in [2.05, 4.69) is 0 Å². The van der Waals surface area contributed by atoms with Gasteiger partial charge < -0.3 is 5.11 Å². The lowest BCUT2D eigenvalue weighted by molar-refractivity contribution is 0.281. The number of nitrogens with zero attached hydrogens (tertiary/aromatic N) is 1. The lowest BCUT2D eigenvalue weighted by atomic mass is 10.2. The molecule has 0 aromatic heterocycles. The van der Waals surface area contributed by atoms with Crippen molar-refractivity contribution >= 4 is 31.5 Å². The third-order valence-electron chi connectivity index (χ3n) is 3.19. The molecule has 1 N–H and O–H groups in total. The predicted octanol–water partition coefficient (Wildman–Crippen LogP) is 0.391. The summed E-state index contributed by atoms with van der Waals surface area (Å²) in [6.07, 6.45) is 0. The molecule has 1 heterocycles. The Kier molecular flexibility index (Phi) is 4.60. The molecule has 0 aliphatic carbocycles. The molecule has 6 nitrogen and oxygen atoms in total. The normalized spacial score (nSPS) is 19.6.